The molecule has 1 aromatic heterocycles. The molecule has 0 radical (unpaired) electrons. The van der Waals surface area contributed by atoms with Crippen LogP contribution in [0.2, 0.25) is 5.02 Å². The van der Waals surface area contributed by atoms with Crippen molar-refractivity contribution < 1.29 is 14.3 Å². The van der Waals surface area contributed by atoms with E-state index < -0.39 is 6.09 Å². The fourth-order valence-corrected chi connectivity index (χ4v) is 3.64. The zero-order valence-corrected chi connectivity index (χ0v) is 17.5. The van der Waals surface area contributed by atoms with Crippen LogP contribution in [0.5, 0.6) is 5.75 Å². The molecule has 0 fully saturated rings. The largest absolute Gasteiger partial charge is 0.496 e. The number of aromatic nitrogens is 1. The number of fused-ring (bicyclic) bond motifs is 1. The number of methoxy groups -OCH3 is 1. The number of aryl methyl sites for hydroxylation is 2. The van der Waals surface area contributed by atoms with Crippen molar-refractivity contribution in [1.29, 1.82) is 0 Å². The Bertz CT molecular complexity index is 1140. The number of primary amides is 1. The van der Waals surface area contributed by atoms with Gasteiger partial charge in [-0.15, -0.1) is 0 Å². The Morgan fingerprint density at radius 3 is 2.48 bits per heavy atom. The summed E-state index contributed by atoms with van der Waals surface area (Å²) in [7, 11) is 1.62. The summed E-state index contributed by atoms with van der Waals surface area (Å²) in [6.07, 6.45) is -0.786. The predicted molar refractivity (Wildman–Crippen MR) is 115 cm³/mol. The molecule has 1 amide bonds. The van der Waals surface area contributed by atoms with E-state index in [-0.39, 0.29) is 23.1 Å². The molecule has 3 aromatic rings. The highest BCUT2D eigenvalue weighted by molar-refractivity contribution is 6.32. The number of benzene rings is 2. The molecule has 0 saturated carbocycles. The van der Waals surface area contributed by atoms with Crippen molar-refractivity contribution in [3.63, 3.8) is 0 Å². The molecule has 0 aliphatic rings. The van der Waals surface area contributed by atoms with E-state index in [2.05, 4.69) is 4.98 Å². The van der Waals surface area contributed by atoms with Crippen molar-refractivity contribution in [2.45, 2.75) is 26.7 Å². The normalized spacial score (nSPS) is 12.0. The van der Waals surface area contributed by atoms with Crippen LogP contribution in [0.15, 0.2) is 35.1 Å². The molecular formula is C22H23ClN2O4. The van der Waals surface area contributed by atoms with Gasteiger partial charge in [-0.05, 0) is 42.2 Å². The number of rotatable bonds is 5. The Hall–Kier alpha value is -2.99. The summed E-state index contributed by atoms with van der Waals surface area (Å²) in [5.41, 5.74) is 9.85. The maximum absolute atomic E-state index is 12.2. The molecule has 3 rings (SSSR count). The number of aromatic amines is 1. The van der Waals surface area contributed by atoms with Crippen LogP contribution in [0.3, 0.4) is 0 Å². The number of carbonyl (C=O) groups excluding carboxylic acids is 1. The van der Waals surface area contributed by atoms with Gasteiger partial charge >= 0.3 is 6.09 Å². The SMILES string of the molecule is COc1cc(C)c2[nH]c(=O)c(Cl)c(C)c2c1-c1ccc(C(C)COC(N)=O)cc1. The molecule has 0 bridgehead atoms. The Labute approximate surface area is 173 Å². The molecule has 1 heterocycles. The summed E-state index contributed by atoms with van der Waals surface area (Å²) in [6.45, 7) is 5.91. The smallest absolute Gasteiger partial charge is 0.404 e. The molecule has 0 spiro atoms. The highest BCUT2D eigenvalue weighted by Gasteiger charge is 2.19. The second kappa shape index (κ2) is 8.17. The molecule has 0 saturated heterocycles. The van der Waals surface area contributed by atoms with Gasteiger partial charge in [0, 0.05) is 16.9 Å². The van der Waals surface area contributed by atoms with E-state index in [1.54, 1.807) is 7.11 Å². The first-order chi connectivity index (χ1) is 13.7. The van der Waals surface area contributed by atoms with Crippen molar-refractivity contribution >= 4 is 28.6 Å². The Morgan fingerprint density at radius 1 is 1.24 bits per heavy atom. The summed E-state index contributed by atoms with van der Waals surface area (Å²) >= 11 is 6.25. The standard InChI is InChI=1S/C22H23ClN2O4/c1-11-9-16(28-4)18(17-13(3)19(23)21(26)25-20(11)17)15-7-5-14(6-8-15)12(2)10-29-22(24)27/h5-9,12H,10H2,1-4H3,(H2,24,27)(H,25,26). The molecule has 1 unspecified atom stereocenters. The molecule has 7 heteroatoms. The van der Waals surface area contributed by atoms with Crippen molar-refractivity contribution in [3.05, 3.63) is 62.4 Å². The quantitative estimate of drug-likeness (QED) is 0.634. The van der Waals surface area contributed by atoms with Gasteiger partial charge in [0.2, 0.25) is 0 Å². The average Bonchev–Trinajstić information content (AvgIpc) is 2.70. The van der Waals surface area contributed by atoms with E-state index in [1.165, 1.54) is 0 Å². The molecular weight excluding hydrogens is 392 g/mol. The van der Waals surface area contributed by atoms with Gasteiger partial charge in [0.15, 0.2) is 0 Å². The molecule has 1 atom stereocenters. The molecule has 3 N–H and O–H groups in total. The van der Waals surface area contributed by atoms with E-state index in [0.717, 1.165) is 33.2 Å². The van der Waals surface area contributed by atoms with Gasteiger partial charge in [-0.3, -0.25) is 4.79 Å². The van der Waals surface area contributed by atoms with Crippen LogP contribution in [0.25, 0.3) is 22.0 Å². The lowest BCUT2D eigenvalue weighted by Crippen LogP contribution is -2.16. The maximum Gasteiger partial charge on any atom is 0.404 e. The number of pyridine rings is 1. The summed E-state index contributed by atoms with van der Waals surface area (Å²) < 4.78 is 10.5. The lowest BCUT2D eigenvalue weighted by atomic mass is 9.92. The van der Waals surface area contributed by atoms with Gasteiger partial charge < -0.3 is 20.2 Å². The molecule has 29 heavy (non-hydrogen) atoms. The molecule has 2 aromatic carbocycles. The zero-order valence-electron chi connectivity index (χ0n) is 16.8. The summed E-state index contributed by atoms with van der Waals surface area (Å²) in [4.78, 5) is 25.9. The number of H-pyrrole nitrogens is 1. The van der Waals surface area contributed by atoms with Gasteiger partial charge in [-0.2, -0.15) is 0 Å². The van der Waals surface area contributed by atoms with Crippen LogP contribution in [0.4, 0.5) is 4.79 Å². The number of nitrogens with two attached hydrogens (primary N) is 1. The predicted octanol–water partition coefficient (Wildman–Crippen LogP) is 4.67. The second-order valence-corrected chi connectivity index (χ2v) is 7.44. The highest BCUT2D eigenvalue weighted by Crippen LogP contribution is 2.40. The first-order valence-corrected chi connectivity index (χ1v) is 9.54. The van der Waals surface area contributed by atoms with Crippen molar-refractivity contribution in [2.75, 3.05) is 13.7 Å². The molecule has 6 nitrogen and oxygen atoms in total. The third kappa shape index (κ3) is 3.93. The molecule has 152 valence electrons. The van der Waals surface area contributed by atoms with E-state index in [1.807, 2.05) is 51.1 Å². The Kier molecular flexibility index (Phi) is 5.84. The minimum Gasteiger partial charge on any atom is -0.496 e. The molecule has 0 aliphatic carbocycles. The van der Waals surface area contributed by atoms with Crippen molar-refractivity contribution in [3.8, 4) is 16.9 Å². The third-order valence-electron chi connectivity index (χ3n) is 5.09. The summed E-state index contributed by atoms with van der Waals surface area (Å²) in [5.74, 6) is 0.694. The summed E-state index contributed by atoms with van der Waals surface area (Å²) in [5, 5.41) is 1.02. The maximum atomic E-state index is 12.2. The monoisotopic (exact) mass is 414 g/mol. The first-order valence-electron chi connectivity index (χ1n) is 9.16. The zero-order chi connectivity index (χ0) is 21.3. The van der Waals surface area contributed by atoms with E-state index >= 15 is 0 Å². The minimum absolute atomic E-state index is 0.000688. The van der Waals surface area contributed by atoms with Gasteiger partial charge in [-0.25, -0.2) is 4.79 Å². The number of halogens is 1. The lowest BCUT2D eigenvalue weighted by Gasteiger charge is -2.18. The number of ether oxygens (including phenoxy) is 2. The lowest BCUT2D eigenvalue weighted by molar-refractivity contribution is 0.151. The second-order valence-electron chi connectivity index (χ2n) is 7.07. The number of nitrogens with one attached hydrogen (secondary N) is 1. The van der Waals surface area contributed by atoms with Crippen LogP contribution in [-0.2, 0) is 4.74 Å². The van der Waals surface area contributed by atoms with Crippen LogP contribution >= 0.6 is 11.6 Å². The topological polar surface area (TPSA) is 94.4 Å². The third-order valence-corrected chi connectivity index (χ3v) is 5.55. The van der Waals surface area contributed by atoms with Crippen molar-refractivity contribution in [2.24, 2.45) is 5.73 Å². The summed E-state index contributed by atoms with van der Waals surface area (Å²) in [6, 6.07) is 9.79. The Morgan fingerprint density at radius 2 is 1.90 bits per heavy atom. The number of amides is 1. The van der Waals surface area contributed by atoms with Gasteiger partial charge in [-0.1, -0.05) is 42.8 Å². The van der Waals surface area contributed by atoms with E-state index in [0.29, 0.717) is 11.3 Å². The van der Waals surface area contributed by atoms with Crippen LogP contribution in [0.1, 0.15) is 29.5 Å². The van der Waals surface area contributed by atoms with E-state index in [9.17, 15) is 9.59 Å². The van der Waals surface area contributed by atoms with E-state index in [4.69, 9.17) is 26.8 Å². The number of hydrogen-bond acceptors (Lipinski definition) is 4. The Balaban J connectivity index is 2.16. The van der Waals surface area contributed by atoms with Gasteiger partial charge in [0.1, 0.15) is 10.8 Å². The van der Waals surface area contributed by atoms with Gasteiger partial charge in [0.05, 0.1) is 19.2 Å². The highest BCUT2D eigenvalue weighted by atomic mass is 35.5. The minimum atomic E-state index is -0.786. The number of hydrogen-bond donors (Lipinski definition) is 2. The van der Waals surface area contributed by atoms with Crippen LogP contribution < -0.4 is 16.0 Å². The molecule has 0 aliphatic heterocycles. The first kappa shape index (κ1) is 20.7. The van der Waals surface area contributed by atoms with Crippen molar-refractivity contribution in [1.82, 2.24) is 4.98 Å². The fourth-order valence-electron chi connectivity index (χ4n) is 3.50. The fraction of sp³-hybridized carbons (Fsp3) is 0.273. The average molecular weight is 415 g/mol. The van der Waals surface area contributed by atoms with Crippen LogP contribution in [0, 0.1) is 13.8 Å². The number of carbonyl (C=O) groups is 1. The van der Waals surface area contributed by atoms with Crippen LogP contribution in [-0.4, -0.2) is 24.8 Å². The van der Waals surface area contributed by atoms with Gasteiger partial charge in [0.25, 0.3) is 5.56 Å².